The molecule has 0 unspecified atom stereocenters. The number of carbonyl (C=O) groups excluding carboxylic acids is 1. The molecule has 0 bridgehead atoms. The van der Waals surface area contributed by atoms with Crippen LogP contribution < -0.4 is 19.5 Å². The molecule has 1 amide bonds. The fourth-order valence-corrected chi connectivity index (χ4v) is 1.94. The van der Waals surface area contributed by atoms with Crippen LogP contribution in [0.2, 0.25) is 0 Å². The first-order valence-electron chi connectivity index (χ1n) is 6.62. The first-order valence-corrected chi connectivity index (χ1v) is 6.62. The molecule has 0 fully saturated rings. The van der Waals surface area contributed by atoms with E-state index in [2.05, 4.69) is 10.1 Å². The predicted molar refractivity (Wildman–Crippen MR) is 80.6 cm³/mol. The van der Waals surface area contributed by atoms with Crippen molar-refractivity contribution in [3.8, 4) is 17.2 Å². The number of methoxy groups -OCH3 is 2. The van der Waals surface area contributed by atoms with Gasteiger partial charge in [-0.25, -0.2) is 0 Å². The van der Waals surface area contributed by atoms with E-state index in [4.69, 9.17) is 9.47 Å². The van der Waals surface area contributed by atoms with E-state index >= 15 is 0 Å². The molecule has 122 valence electrons. The van der Waals surface area contributed by atoms with E-state index in [-0.39, 0.29) is 17.1 Å². The topological polar surface area (TPSA) is 56.8 Å². The van der Waals surface area contributed by atoms with Crippen LogP contribution in [0.1, 0.15) is 10.4 Å². The van der Waals surface area contributed by atoms with Gasteiger partial charge in [-0.1, -0.05) is 12.1 Å². The lowest BCUT2D eigenvalue weighted by Gasteiger charge is -2.12. The number of nitrogens with one attached hydrogen (secondary N) is 1. The standard InChI is InChI=1S/C16H15F2NO4/c1-21-12-6-4-3-5-11(12)19-15(20)10-7-8-13(23-16(17)18)14(9-10)22-2/h3-9,16H,1-2H3,(H,19,20). The number of hydrogen-bond acceptors (Lipinski definition) is 4. The zero-order chi connectivity index (χ0) is 16.8. The molecule has 2 rings (SSSR count). The molecule has 0 aliphatic carbocycles. The van der Waals surface area contributed by atoms with Crippen LogP contribution in [-0.2, 0) is 0 Å². The van der Waals surface area contributed by atoms with E-state index in [0.717, 1.165) is 0 Å². The van der Waals surface area contributed by atoms with Crippen LogP contribution in [0.25, 0.3) is 0 Å². The molecule has 0 heterocycles. The Kier molecular flexibility index (Phi) is 5.35. The Labute approximate surface area is 131 Å². The smallest absolute Gasteiger partial charge is 0.387 e. The molecule has 2 aromatic rings. The maximum Gasteiger partial charge on any atom is 0.387 e. The van der Waals surface area contributed by atoms with Crippen LogP contribution >= 0.6 is 0 Å². The van der Waals surface area contributed by atoms with E-state index in [9.17, 15) is 13.6 Å². The average Bonchev–Trinajstić information content (AvgIpc) is 2.55. The fraction of sp³-hybridized carbons (Fsp3) is 0.188. The molecule has 5 nitrogen and oxygen atoms in total. The van der Waals surface area contributed by atoms with Gasteiger partial charge in [-0.05, 0) is 30.3 Å². The van der Waals surface area contributed by atoms with Crippen molar-refractivity contribution in [3.63, 3.8) is 0 Å². The van der Waals surface area contributed by atoms with Crippen molar-refractivity contribution in [1.82, 2.24) is 0 Å². The van der Waals surface area contributed by atoms with Gasteiger partial charge in [-0.15, -0.1) is 0 Å². The van der Waals surface area contributed by atoms with Crippen LogP contribution in [0.3, 0.4) is 0 Å². The first-order chi connectivity index (χ1) is 11.0. The van der Waals surface area contributed by atoms with E-state index in [0.29, 0.717) is 11.4 Å². The van der Waals surface area contributed by atoms with Crippen molar-refractivity contribution < 1.29 is 27.8 Å². The molecule has 0 spiro atoms. The zero-order valence-corrected chi connectivity index (χ0v) is 12.5. The van der Waals surface area contributed by atoms with Crippen LogP contribution in [0.15, 0.2) is 42.5 Å². The minimum Gasteiger partial charge on any atom is -0.495 e. The van der Waals surface area contributed by atoms with Crippen molar-refractivity contribution in [2.24, 2.45) is 0 Å². The summed E-state index contributed by atoms with van der Waals surface area (Å²) in [4.78, 5) is 12.3. The number of alkyl halides is 2. The van der Waals surface area contributed by atoms with Gasteiger partial charge >= 0.3 is 6.61 Å². The van der Waals surface area contributed by atoms with Gasteiger partial charge in [0.15, 0.2) is 11.5 Å². The van der Waals surface area contributed by atoms with E-state index in [1.54, 1.807) is 24.3 Å². The molecule has 0 aromatic heterocycles. The average molecular weight is 323 g/mol. The number of para-hydroxylation sites is 2. The Hall–Kier alpha value is -2.83. The number of amides is 1. The summed E-state index contributed by atoms with van der Waals surface area (Å²) >= 11 is 0. The van der Waals surface area contributed by atoms with Crippen LogP contribution in [0.5, 0.6) is 17.2 Å². The second-order valence-corrected chi connectivity index (χ2v) is 4.40. The third-order valence-electron chi connectivity index (χ3n) is 3.00. The summed E-state index contributed by atoms with van der Waals surface area (Å²) < 4.78 is 39.0. The number of halogens is 2. The molecular weight excluding hydrogens is 308 g/mol. The highest BCUT2D eigenvalue weighted by molar-refractivity contribution is 6.05. The normalized spacial score (nSPS) is 10.3. The summed E-state index contributed by atoms with van der Waals surface area (Å²) in [7, 11) is 2.79. The lowest BCUT2D eigenvalue weighted by Crippen LogP contribution is -2.13. The number of ether oxygens (including phenoxy) is 3. The maximum atomic E-state index is 12.3. The molecule has 1 N–H and O–H groups in total. The number of benzene rings is 2. The van der Waals surface area contributed by atoms with Crippen molar-refractivity contribution in [2.75, 3.05) is 19.5 Å². The third-order valence-corrected chi connectivity index (χ3v) is 3.00. The van der Waals surface area contributed by atoms with Crippen LogP contribution in [0.4, 0.5) is 14.5 Å². The van der Waals surface area contributed by atoms with Gasteiger partial charge in [-0.3, -0.25) is 4.79 Å². The Bertz CT molecular complexity index is 692. The van der Waals surface area contributed by atoms with E-state index < -0.39 is 12.5 Å². The maximum absolute atomic E-state index is 12.3. The highest BCUT2D eigenvalue weighted by atomic mass is 19.3. The SMILES string of the molecule is COc1ccccc1NC(=O)c1ccc(OC(F)F)c(OC)c1. The molecular formula is C16H15F2NO4. The van der Waals surface area contributed by atoms with Crippen molar-refractivity contribution >= 4 is 11.6 Å². The van der Waals surface area contributed by atoms with Crippen LogP contribution in [-0.4, -0.2) is 26.7 Å². The van der Waals surface area contributed by atoms with Gasteiger partial charge in [0.05, 0.1) is 19.9 Å². The minimum absolute atomic E-state index is 0.0398. The Balaban J connectivity index is 2.22. The molecule has 0 atom stereocenters. The molecule has 2 aromatic carbocycles. The Morgan fingerprint density at radius 2 is 1.70 bits per heavy atom. The number of hydrogen-bond donors (Lipinski definition) is 1. The molecule has 0 saturated carbocycles. The Morgan fingerprint density at radius 3 is 2.35 bits per heavy atom. The second kappa shape index (κ2) is 7.44. The highest BCUT2D eigenvalue weighted by Crippen LogP contribution is 2.30. The second-order valence-electron chi connectivity index (χ2n) is 4.40. The van der Waals surface area contributed by atoms with Gasteiger partial charge in [0.1, 0.15) is 5.75 Å². The molecule has 0 aliphatic heterocycles. The molecule has 0 aliphatic rings. The summed E-state index contributed by atoms with van der Waals surface area (Å²) in [5.41, 5.74) is 0.723. The number of rotatable bonds is 6. The fourth-order valence-electron chi connectivity index (χ4n) is 1.94. The molecule has 7 heteroatoms. The summed E-state index contributed by atoms with van der Waals surface area (Å²) in [6, 6.07) is 10.8. The predicted octanol–water partition coefficient (Wildman–Crippen LogP) is 3.56. The minimum atomic E-state index is -2.97. The molecule has 0 saturated heterocycles. The third kappa shape index (κ3) is 4.09. The van der Waals surface area contributed by atoms with E-state index in [1.807, 2.05) is 0 Å². The van der Waals surface area contributed by atoms with E-state index in [1.165, 1.54) is 32.4 Å². The summed E-state index contributed by atoms with van der Waals surface area (Å²) in [6.45, 7) is -2.97. The van der Waals surface area contributed by atoms with Crippen LogP contribution in [0, 0.1) is 0 Å². The molecule has 0 radical (unpaired) electrons. The summed E-state index contributed by atoms with van der Waals surface area (Å²) in [5, 5.41) is 2.68. The van der Waals surface area contributed by atoms with Gasteiger partial charge in [0.25, 0.3) is 5.91 Å². The van der Waals surface area contributed by atoms with Crippen molar-refractivity contribution in [1.29, 1.82) is 0 Å². The number of carbonyl (C=O) groups is 1. The zero-order valence-electron chi connectivity index (χ0n) is 12.5. The summed E-state index contributed by atoms with van der Waals surface area (Å²) in [5.74, 6) is -0.0313. The van der Waals surface area contributed by atoms with Gasteiger partial charge in [0, 0.05) is 5.56 Å². The van der Waals surface area contributed by atoms with Gasteiger partial charge < -0.3 is 19.5 Å². The van der Waals surface area contributed by atoms with Gasteiger partial charge in [-0.2, -0.15) is 8.78 Å². The van der Waals surface area contributed by atoms with Gasteiger partial charge in [0.2, 0.25) is 0 Å². The van der Waals surface area contributed by atoms with Crippen molar-refractivity contribution in [3.05, 3.63) is 48.0 Å². The lowest BCUT2D eigenvalue weighted by molar-refractivity contribution is -0.0512. The Morgan fingerprint density at radius 1 is 1.00 bits per heavy atom. The highest BCUT2D eigenvalue weighted by Gasteiger charge is 2.15. The largest absolute Gasteiger partial charge is 0.495 e. The summed E-state index contributed by atoms with van der Waals surface area (Å²) in [6.07, 6.45) is 0. The first kappa shape index (κ1) is 16.5. The lowest BCUT2D eigenvalue weighted by atomic mass is 10.1. The monoisotopic (exact) mass is 323 g/mol. The molecule has 23 heavy (non-hydrogen) atoms. The number of anilines is 1. The van der Waals surface area contributed by atoms with Crippen molar-refractivity contribution in [2.45, 2.75) is 6.61 Å². The quantitative estimate of drug-likeness (QED) is 0.883.